The molecule has 0 amide bonds. The van der Waals surface area contributed by atoms with Gasteiger partial charge in [0.05, 0.1) is 11.9 Å². The minimum atomic E-state index is 0.548. The van der Waals surface area contributed by atoms with E-state index in [1.165, 1.54) is 0 Å². The standard InChI is InChI=1S/C16H15N3/c17-10-12-5-4-8-14(9-12)15-11-18-19-16(15)13-6-2-1-3-7-13/h1-9,11H,10,17H2,(H,18,19). The Bertz CT molecular complexity index is 671. The highest BCUT2D eigenvalue weighted by Gasteiger charge is 2.09. The molecule has 0 aliphatic carbocycles. The smallest absolute Gasteiger partial charge is 0.0728 e. The third-order valence-electron chi connectivity index (χ3n) is 3.18. The monoisotopic (exact) mass is 249 g/mol. The van der Waals surface area contributed by atoms with Gasteiger partial charge in [0, 0.05) is 17.7 Å². The van der Waals surface area contributed by atoms with E-state index >= 15 is 0 Å². The van der Waals surface area contributed by atoms with Crippen molar-refractivity contribution in [1.29, 1.82) is 0 Å². The van der Waals surface area contributed by atoms with Crippen molar-refractivity contribution in [1.82, 2.24) is 10.2 Å². The molecule has 0 fully saturated rings. The van der Waals surface area contributed by atoms with Crippen LogP contribution in [0.1, 0.15) is 5.56 Å². The highest BCUT2D eigenvalue weighted by Crippen LogP contribution is 2.30. The minimum absolute atomic E-state index is 0.548. The van der Waals surface area contributed by atoms with Crippen LogP contribution in [0.3, 0.4) is 0 Å². The van der Waals surface area contributed by atoms with Gasteiger partial charge in [0.2, 0.25) is 0 Å². The Hall–Kier alpha value is -2.39. The van der Waals surface area contributed by atoms with Crippen molar-refractivity contribution in [2.45, 2.75) is 6.54 Å². The first-order chi connectivity index (χ1) is 9.38. The fourth-order valence-electron chi connectivity index (χ4n) is 2.20. The highest BCUT2D eigenvalue weighted by atomic mass is 15.1. The Morgan fingerprint density at radius 2 is 1.74 bits per heavy atom. The van der Waals surface area contributed by atoms with Crippen molar-refractivity contribution in [2.75, 3.05) is 0 Å². The molecule has 0 bridgehead atoms. The van der Waals surface area contributed by atoms with E-state index in [0.29, 0.717) is 6.54 Å². The molecule has 0 aliphatic heterocycles. The third kappa shape index (κ3) is 2.28. The number of aromatic nitrogens is 2. The maximum atomic E-state index is 5.70. The van der Waals surface area contributed by atoms with E-state index in [-0.39, 0.29) is 0 Å². The molecule has 19 heavy (non-hydrogen) atoms. The Balaban J connectivity index is 2.09. The summed E-state index contributed by atoms with van der Waals surface area (Å²) in [5.74, 6) is 0. The van der Waals surface area contributed by atoms with E-state index in [2.05, 4.69) is 34.5 Å². The zero-order valence-corrected chi connectivity index (χ0v) is 10.5. The summed E-state index contributed by atoms with van der Waals surface area (Å²) in [6, 6.07) is 18.5. The summed E-state index contributed by atoms with van der Waals surface area (Å²) >= 11 is 0. The first-order valence-corrected chi connectivity index (χ1v) is 6.26. The molecule has 0 aliphatic rings. The summed E-state index contributed by atoms with van der Waals surface area (Å²) in [4.78, 5) is 0. The SMILES string of the molecule is NCc1cccc(-c2cn[nH]c2-c2ccccc2)c1. The van der Waals surface area contributed by atoms with Gasteiger partial charge < -0.3 is 5.73 Å². The fraction of sp³-hybridized carbons (Fsp3) is 0.0625. The molecule has 3 rings (SSSR count). The summed E-state index contributed by atoms with van der Waals surface area (Å²) < 4.78 is 0. The normalized spacial score (nSPS) is 10.6. The molecule has 3 aromatic rings. The molecule has 3 N–H and O–H groups in total. The molecule has 0 saturated carbocycles. The van der Waals surface area contributed by atoms with Gasteiger partial charge in [-0.3, -0.25) is 5.10 Å². The van der Waals surface area contributed by atoms with Gasteiger partial charge in [0.25, 0.3) is 0 Å². The number of aromatic amines is 1. The Labute approximate surface area is 112 Å². The molecule has 0 radical (unpaired) electrons. The van der Waals surface area contributed by atoms with Gasteiger partial charge in [-0.25, -0.2) is 0 Å². The predicted octanol–water partition coefficient (Wildman–Crippen LogP) is 3.20. The summed E-state index contributed by atoms with van der Waals surface area (Å²) in [6.45, 7) is 0.548. The number of nitrogens with one attached hydrogen (secondary N) is 1. The van der Waals surface area contributed by atoms with E-state index in [4.69, 9.17) is 5.73 Å². The molecule has 3 heteroatoms. The summed E-state index contributed by atoms with van der Waals surface area (Å²) in [5.41, 5.74) is 11.2. The molecule has 0 spiro atoms. The summed E-state index contributed by atoms with van der Waals surface area (Å²) in [6.07, 6.45) is 1.86. The van der Waals surface area contributed by atoms with Gasteiger partial charge in [-0.1, -0.05) is 48.5 Å². The van der Waals surface area contributed by atoms with E-state index < -0.39 is 0 Å². The average Bonchev–Trinajstić information content (AvgIpc) is 2.98. The van der Waals surface area contributed by atoms with Crippen LogP contribution in [-0.2, 0) is 6.54 Å². The number of H-pyrrole nitrogens is 1. The Morgan fingerprint density at radius 3 is 2.53 bits per heavy atom. The largest absolute Gasteiger partial charge is 0.326 e. The molecule has 0 atom stereocenters. The molecule has 1 heterocycles. The van der Waals surface area contributed by atoms with Crippen LogP contribution in [0, 0.1) is 0 Å². The van der Waals surface area contributed by atoms with Crippen LogP contribution in [0.15, 0.2) is 60.8 Å². The fourth-order valence-corrected chi connectivity index (χ4v) is 2.20. The van der Waals surface area contributed by atoms with Gasteiger partial charge in [-0.05, 0) is 17.2 Å². The van der Waals surface area contributed by atoms with Crippen LogP contribution in [0.4, 0.5) is 0 Å². The second-order valence-electron chi connectivity index (χ2n) is 4.43. The lowest BCUT2D eigenvalue weighted by Crippen LogP contribution is -1.95. The first-order valence-electron chi connectivity index (χ1n) is 6.26. The van der Waals surface area contributed by atoms with Crippen molar-refractivity contribution >= 4 is 0 Å². The molecule has 3 nitrogen and oxygen atoms in total. The summed E-state index contributed by atoms with van der Waals surface area (Å²) in [5, 5.41) is 7.25. The van der Waals surface area contributed by atoms with E-state index in [0.717, 1.165) is 27.9 Å². The molecular formula is C16H15N3. The maximum Gasteiger partial charge on any atom is 0.0728 e. The van der Waals surface area contributed by atoms with Crippen LogP contribution in [-0.4, -0.2) is 10.2 Å². The number of hydrogen-bond acceptors (Lipinski definition) is 2. The molecule has 0 unspecified atom stereocenters. The lowest BCUT2D eigenvalue weighted by molar-refractivity contribution is 1.07. The van der Waals surface area contributed by atoms with Crippen LogP contribution < -0.4 is 5.73 Å². The molecule has 2 aromatic carbocycles. The third-order valence-corrected chi connectivity index (χ3v) is 3.18. The summed E-state index contributed by atoms with van der Waals surface area (Å²) in [7, 11) is 0. The second kappa shape index (κ2) is 5.08. The first kappa shape index (κ1) is 11.7. The van der Waals surface area contributed by atoms with Crippen LogP contribution >= 0.6 is 0 Å². The van der Waals surface area contributed by atoms with Crippen LogP contribution in [0.25, 0.3) is 22.4 Å². The van der Waals surface area contributed by atoms with Gasteiger partial charge in [-0.15, -0.1) is 0 Å². The number of hydrogen-bond donors (Lipinski definition) is 2. The van der Waals surface area contributed by atoms with Gasteiger partial charge in [0.15, 0.2) is 0 Å². The zero-order valence-electron chi connectivity index (χ0n) is 10.5. The maximum absolute atomic E-state index is 5.70. The molecule has 94 valence electrons. The van der Waals surface area contributed by atoms with Gasteiger partial charge >= 0.3 is 0 Å². The average molecular weight is 249 g/mol. The number of nitrogens with two attached hydrogens (primary N) is 1. The van der Waals surface area contributed by atoms with E-state index in [1.807, 2.05) is 36.5 Å². The zero-order chi connectivity index (χ0) is 13.1. The Kier molecular flexibility index (Phi) is 3.12. The number of rotatable bonds is 3. The second-order valence-corrected chi connectivity index (χ2v) is 4.43. The van der Waals surface area contributed by atoms with E-state index in [1.54, 1.807) is 0 Å². The van der Waals surface area contributed by atoms with Crippen molar-refractivity contribution in [3.05, 3.63) is 66.4 Å². The quantitative estimate of drug-likeness (QED) is 0.749. The van der Waals surface area contributed by atoms with Crippen LogP contribution in [0.2, 0.25) is 0 Å². The number of benzene rings is 2. The lowest BCUT2D eigenvalue weighted by Gasteiger charge is -2.05. The molecular weight excluding hydrogens is 234 g/mol. The van der Waals surface area contributed by atoms with E-state index in [9.17, 15) is 0 Å². The van der Waals surface area contributed by atoms with Crippen molar-refractivity contribution in [3.63, 3.8) is 0 Å². The van der Waals surface area contributed by atoms with Crippen molar-refractivity contribution < 1.29 is 0 Å². The van der Waals surface area contributed by atoms with Crippen LogP contribution in [0.5, 0.6) is 0 Å². The minimum Gasteiger partial charge on any atom is -0.326 e. The highest BCUT2D eigenvalue weighted by molar-refractivity contribution is 5.80. The molecule has 0 saturated heterocycles. The molecule has 1 aromatic heterocycles. The van der Waals surface area contributed by atoms with Crippen molar-refractivity contribution in [2.24, 2.45) is 5.73 Å². The number of nitrogens with zero attached hydrogens (tertiary/aromatic N) is 1. The van der Waals surface area contributed by atoms with Crippen molar-refractivity contribution in [3.8, 4) is 22.4 Å². The van der Waals surface area contributed by atoms with Gasteiger partial charge in [0.1, 0.15) is 0 Å². The van der Waals surface area contributed by atoms with Gasteiger partial charge in [-0.2, -0.15) is 5.10 Å². The lowest BCUT2D eigenvalue weighted by atomic mass is 10.0. The topological polar surface area (TPSA) is 54.7 Å². The Morgan fingerprint density at radius 1 is 0.947 bits per heavy atom. The predicted molar refractivity (Wildman–Crippen MR) is 77.4 cm³/mol.